The van der Waals surface area contributed by atoms with Crippen molar-refractivity contribution >= 4 is 15.9 Å². The summed E-state index contributed by atoms with van der Waals surface area (Å²) in [6.07, 6.45) is 0.153. The Kier molecular flexibility index (Phi) is 3.29. The Morgan fingerprint density at radius 2 is 2.08 bits per heavy atom. The van der Waals surface area contributed by atoms with Crippen LogP contribution in [0.2, 0.25) is 0 Å². The Hall–Kier alpha value is -0.340. The third kappa shape index (κ3) is 1.87. The summed E-state index contributed by atoms with van der Waals surface area (Å²) in [6.45, 7) is 4.14. The number of aryl methyl sites for hydroxylation is 1. The highest BCUT2D eigenvalue weighted by molar-refractivity contribution is 9.10. The maximum atomic E-state index is 5.27. The zero-order valence-electron chi connectivity index (χ0n) is 7.60. The van der Waals surface area contributed by atoms with Gasteiger partial charge < -0.3 is 4.74 Å². The lowest BCUT2D eigenvalue weighted by atomic mass is 10.0. The molecular weight excluding hydrogens is 216 g/mol. The molecule has 0 radical (unpaired) electrons. The summed E-state index contributed by atoms with van der Waals surface area (Å²) in [4.78, 5) is 0. The molecule has 1 nitrogen and oxygen atoms in total. The predicted molar refractivity (Wildman–Crippen MR) is 54.3 cm³/mol. The number of rotatable bonds is 2. The van der Waals surface area contributed by atoms with Gasteiger partial charge in [0.15, 0.2) is 0 Å². The van der Waals surface area contributed by atoms with Gasteiger partial charge in [-0.25, -0.2) is 0 Å². The smallest absolute Gasteiger partial charge is 0.0806 e. The molecule has 0 N–H and O–H groups in total. The summed E-state index contributed by atoms with van der Waals surface area (Å²) in [5.74, 6) is 0. The number of hydrogen-bond acceptors (Lipinski definition) is 1. The molecule has 0 aliphatic rings. The lowest BCUT2D eigenvalue weighted by Crippen LogP contribution is -1.99. The fourth-order valence-electron chi connectivity index (χ4n) is 1.28. The fraction of sp³-hybridized carbons (Fsp3) is 0.400. The van der Waals surface area contributed by atoms with Gasteiger partial charge in [0.2, 0.25) is 0 Å². The number of ether oxygens (including phenoxy) is 1. The van der Waals surface area contributed by atoms with Crippen LogP contribution < -0.4 is 0 Å². The first-order chi connectivity index (χ1) is 5.66. The molecular formula is C10H13BrO. The monoisotopic (exact) mass is 228 g/mol. The van der Waals surface area contributed by atoms with E-state index < -0.39 is 0 Å². The van der Waals surface area contributed by atoms with Crippen molar-refractivity contribution in [2.45, 2.75) is 20.0 Å². The maximum Gasteiger partial charge on any atom is 0.0806 e. The standard InChI is InChI=1S/C10H13BrO/c1-7-5-4-6-9(11)10(7)8(2)12-3/h4-6,8H,1-3H3. The van der Waals surface area contributed by atoms with Crippen LogP contribution in [0.4, 0.5) is 0 Å². The van der Waals surface area contributed by atoms with Crippen molar-refractivity contribution in [2.24, 2.45) is 0 Å². The van der Waals surface area contributed by atoms with E-state index in [2.05, 4.69) is 28.9 Å². The maximum absolute atomic E-state index is 5.27. The molecule has 66 valence electrons. The first-order valence-corrected chi connectivity index (χ1v) is 4.74. The average Bonchev–Trinajstić information content (AvgIpc) is 2.03. The van der Waals surface area contributed by atoms with Crippen LogP contribution in [0.15, 0.2) is 22.7 Å². The van der Waals surface area contributed by atoms with Crippen LogP contribution in [0, 0.1) is 6.92 Å². The van der Waals surface area contributed by atoms with Crippen molar-refractivity contribution in [1.29, 1.82) is 0 Å². The molecule has 12 heavy (non-hydrogen) atoms. The molecule has 0 spiro atoms. The van der Waals surface area contributed by atoms with Gasteiger partial charge in [0.1, 0.15) is 0 Å². The molecule has 0 fully saturated rings. The van der Waals surface area contributed by atoms with E-state index in [0.29, 0.717) is 0 Å². The summed E-state index contributed by atoms with van der Waals surface area (Å²) < 4.78 is 6.39. The van der Waals surface area contributed by atoms with Crippen LogP contribution in [-0.4, -0.2) is 7.11 Å². The molecule has 2 heteroatoms. The third-order valence-electron chi connectivity index (χ3n) is 2.03. The topological polar surface area (TPSA) is 9.23 Å². The van der Waals surface area contributed by atoms with E-state index in [-0.39, 0.29) is 6.10 Å². The summed E-state index contributed by atoms with van der Waals surface area (Å²) >= 11 is 3.51. The Morgan fingerprint density at radius 3 is 2.58 bits per heavy atom. The van der Waals surface area contributed by atoms with Crippen molar-refractivity contribution in [3.05, 3.63) is 33.8 Å². The van der Waals surface area contributed by atoms with Gasteiger partial charge in [-0.15, -0.1) is 0 Å². The quantitative estimate of drug-likeness (QED) is 0.754. The second kappa shape index (κ2) is 4.06. The second-order valence-corrected chi connectivity index (χ2v) is 3.70. The van der Waals surface area contributed by atoms with E-state index in [0.717, 1.165) is 4.47 Å². The van der Waals surface area contributed by atoms with E-state index in [9.17, 15) is 0 Å². The predicted octanol–water partition coefficient (Wildman–Crippen LogP) is 3.46. The highest BCUT2D eigenvalue weighted by Gasteiger charge is 2.09. The third-order valence-corrected chi connectivity index (χ3v) is 2.72. The molecule has 0 aliphatic heterocycles. The average molecular weight is 229 g/mol. The number of hydrogen-bond donors (Lipinski definition) is 0. The largest absolute Gasteiger partial charge is 0.377 e. The van der Waals surface area contributed by atoms with Crippen molar-refractivity contribution in [3.63, 3.8) is 0 Å². The number of benzene rings is 1. The van der Waals surface area contributed by atoms with Crippen LogP contribution >= 0.6 is 15.9 Å². The van der Waals surface area contributed by atoms with Gasteiger partial charge in [-0.1, -0.05) is 28.1 Å². The number of methoxy groups -OCH3 is 1. The Bertz CT molecular complexity index is 250. The van der Waals surface area contributed by atoms with Crippen LogP contribution in [0.5, 0.6) is 0 Å². The minimum absolute atomic E-state index is 0.153. The molecule has 1 unspecified atom stereocenters. The Morgan fingerprint density at radius 1 is 1.42 bits per heavy atom. The summed E-state index contributed by atoms with van der Waals surface area (Å²) in [5.41, 5.74) is 2.50. The molecule has 0 amide bonds. The molecule has 1 atom stereocenters. The first-order valence-electron chi connectivity index (χ1n) is 3.94. The normalized spacial score (nSPS) is 13.0. The minimum atomic E-state index is 0.153. The minimum Gasteiger partial charge on any atom is -0.377 e. The van der Waals surface area contributed by atoms with E-state index in [1.165, 1.54) is 11.1 Å². The van der Waals surface area contributed by atoms with Gasteiger partial charge in [-0.3, -0.25) is 0 Å². The molecule has 1 rings (SSSR count). The van der Waals surface area contributed by atoms with Crippen molar-refractivity contribution in [2.75, 3.05) is 7.11 Å². The molecule has 0 aliphatic carbocycles. The summed E-state index contributed by atoms with van der Waals surface area (Å²) in [6, 6.07) is 6.17. The lowest BCUT2D eigenvalue weighted by Gasteiger charge is -2.14. The van der Waals surface area contributed by atoms with Crippen LogP contribution in [0.25, 0.3) is 0 Å². The first kappa shape index (κ1) is 9.75. The Labute approximate surface area is 81.9 Å². The zero-order valence-corrected chi connectivity index (χ0v) is 9.18. The van der Waals surface area contributed by atoms with Gasteiger partial charge in [0, 0.05) is 11.6 Å². The summed E-state index contributed by atoms with van der Waals surface area (Å²) in [7, 11) is 1.73. The van der Waals surface area contributed by atoms with E-state index >= 15 is 0 Å². The molecule has 0 heterocycles. The van der Waals surface area contributed by atoms with Crippen molar-refractivity contribution < 1.29 is 4.74 Å². The molecule has 0 bridgehead atoms. The highest BCUT2D eigenvalue weighted by atomic mass is 79.9. The highest BCUT2D eigenvalue weighted by Crippen LogP contribution is 2.27. The Balaban J connectivity index is 3.12. The van der Waals surface area contributed by atoms with Gasteiger partial charge in [0.25, 0.3) is 0 Å². The molecule has 1 aromatic carbocycles. The molecule has 1 aromatic rings. The summed E-state index contributed by atoms with van der Waals surface area (Å²) in [5, 5.41) is 0. The molecule has 0 saturated heterocycles. The van der Waals surface area contributed by atoms with Crippen molar-refractivity contribution in [3.8, 4) is 0 Å². The second-order valence-electron chi connectivity index (χ2n) is 2.85. The van der Waals surface area contributed by atoms with E-state index in [1.807, 2.05) is 19.1 Å². The molecule has 0 saturated carbocycles. The van der Waals surface area contributed by atoms with Crippen molar-refractivity contribution in [1.82, 2.24) is 0 Å². The lowest BCUT2D eigenvalue weighted by molar-refractivity contribution is 0.118. The molecule has 0 aromatic heterocycles. The van der Waals surface area contributed by atoms with Gasteiger partial charge >= 0.3 is 0 Å². The van der Waals surface area contributed by atoms with Crippen LogP contribution in [-0.2, 0) is 4.74 Å². The van der Waals surface area contributed by atoms with Gasteiger partial charge in [-0.05, 0) is 31.0 Å². The van der Waals surface area contributed by atoms with E-state index in [1.54, 1.807) is 7.11 Å². The zero-order chi connectivity index (χ0) is 9.14. The fourth-order valence-corrected chi connectivity index (χ4v) is 2.07. The van der Waals surface area contributed by atoms with Crippen LogP contribution in [0.3, 0.4) is 0 Å². The van der Waals surface area contributed by atoms with Gasteiger partial charge in [-0.2, -0.15) is 0 Å². The van der Waals surface area contributed by atoms with Gasteiger partial charge in [0.05, 0.1) is 6.10 Å². The SMILES string of the molecule is COC(C)c1c(C)cccc1Br. The van der Waals surface area contributed by atoms with E-state index in [4.69, 9.17) is 4.74 Å². The number of halogens is 1. The van der Waals surface area contributed by atoms with Crippen LogP contribution in [0.1, 0.15) is 24.2 Å².